The van der Waals surface area contributed by atoms with Crippen LogP contribution < -0.4 is 0 Å². The van der Waals surface area contributed by atoms with Gasteiger partial charge in [-0.05, 0) is 36.0 Å². The minimum Gasteiger partial charge on any atom is -0.391 e. The summed E-state index contributed by atoms with van der Waals surface area (Å²) >= 11 is 0. The smallest absolute Gasteiger partial charge is 0.243 e. The molecular weight excluding hydrogens is 274 g/mol. The third-order valence-electron chi connectivity index (χ3n) is 4.04. The Morgan fingerprint density at radius 2 is 2.05 bits per heavy atom. The highest BCUT2D eigenvalue weighted by Gasteiger charge is 2.32. The molecule has 1 aliphatic rings. The second-order valence-electron chi connectivity index (χ2n) is 5.92. The molecule has 1 aromatic rings. The van der Waals surface area contributed by atoms with Crippen LogP contribution in [0.15, 0.2) is 29.2 Å². The van der Waals surface area contributed by atoms with Crippen molar-refractivity contribution in [1.29, 1.82) is 0 Å². The van der Waals surface area contributed by atoms with Crippen molar-refractivity contribution >= 4 is 10.0 Å². The van der Waals surface area contributed by atoms with Crippen LogP contribution in [0, 0.1) is 5.92 Å². The zero-order chi connectivity index (χ0) is 14.9. The minimum atomic E-state index is -3.50. The van der Waals surface area contributed by atoms with E-state index in [0.717, 1.165) is 5.56 Å². The van der Waals surface area contributed by atoms with Crippen molar-refractivity contribution in [3.8, 4) is 0 Å². The molecule has 0 radical (unpaired) electrons. The molecular formula is C15H23NO3S. The van der Waals surface area contributed by atoms with E-state index in [9.17, 15) is 13.5 Å². The van der Waals surface area contributed by atoms with Crippen LogP contribution in [-0.2, 0) is 10.0 Å². The minimum absolute atomic E-state index is 0.156. The molecule has 2 atom stereocenters. The summed E-state index contributed by atoms with van der Waals surface area (Å²) in [4.78, 5) is 0.324. The predicted octanol–water partition coefficient (Wildman–Crippen LogP) is 2.20. The third kappa shape index (κ3) is 3.05. The highest BCUT2D eigenvalue weighted by Crippen LogP contribution is 2.25. The molecule has 112 valence electrons. The van der Waals surface area contributed by atoms with Gasteiger partial charge in [-0.15, -0.1) is 0 Å². The number of β-amino-alcohol motifs (C(OH)–C–C–N with tert-alkyl or cyclic N) is 1. The summed E-state index contributed by atoms with van der Waals surface area (Å²) in [6, 6.07) is 7.10. The number of rotatable bonds is 3. The van der Waals surface area contributed by atoms with Gasteiger partial charge in [0.15, 0.2) is 0 Å². The van der Waals surface area contributed by atoms with E-state index in [1.54, 1.807) is 18.2 Å². The lowest BCUT2D eigenvalue weighted by molar-refractivity contribution is 0.0605. The van der Waals surface area contributed by atoms with E-state index in [1.165, 1.54) is 4.31 Å². The van der Waals surface area contributed by atoms with Crippen molar-refractivity contribution in [3.63, 3.8) is 0 Å². The molecule has 0 saturated carbocycles. The maximum atomic E-state index is 12.6. The lowest BCUT2D eigenvalue weighted by Crippen LogP contribution is -2.45. The first kappa shape index (κ1) is 15.5. The van der Waals surface area contributed by atoms with E-state index in [1.807, 2.05) is 26.8 Å². The molecule has 2 unspecified atom stereocenters. The third-order valence-corrected chi connectivity index (χ3v) is 5.91. The van der Waals surface area contributed by atoms with Gasteiger partial charge in [0.2, 0.25) is 10.0 Å². The lowest BCUT2D eigenvalue weighted by atomic mass is 9.98. The number of nitrogens with zero attached hydrogens (tertiary/aromatic N) is 1. The quantitative estimate of drug-likeness (QED) is 0.930. The van der Waals surface area contributed by atoms with Crippen molar-refractivity contribution in [1.82, 2.24) is 4.31 Å². The van der Waals surface area contributed by atoms with Gasteiger partial charge < -0.3 is 5.11 Å². The van der Waals surface area contributed by atoms with Crippen LogP contribution in [-0.4, -0.2) is 37.0 Å². The molecule has 5 heteroatoms. The van der Waals surface area contributed by atoms with E-state index in [4.69, 9.17) is 0 Å². The van der Waals surface area contributed by atoms with Crippen LogP contribution >= 0.6 is 0 Å². The van der Waals surface area contributed by atoms with Crippen LogP contribution in [0.1, 0.15) is 38.7 Å². The number of piperidine rings is 1. The van der Waals surface area contributed by atoms with E-state index in [2.05, 4.69) is 0 Å². The number of sulfonamides is 1. The van der Waals surface area contributed by atoms with Crippen LogP contribution in [0.3, 0.4) is 0 Å². The standard InChI is InChI=1S/C15H23NO3S/c1-11(2)13-5-4-6-14(9-13)20(18,19)16-8-7-12(3)15(17)10-16/h4-6,9,11-12,15,17H,7-8,10H2,1-3H3. The number of hydrogen-bond donors (Lipinski definition) is 1. The molecule has 0 amide bonds. The van der Waals surface area contributed by atoms with Gasteiger partial charge in [-0.3, -0.25) is 0 Å². The Hall–Kier alpha value is -0.910. The summed E-state index contributed by atoms with van der Waals surface area (Å²) < 4.78 is 26.7. The van der Waals surface area contributed by atoms with Gasteiger partial charge in [0.1, 0.15) is 0 Å². The number of aliphatic hydroxyl groups is 1. The Morgan fingerprint density at radius 3 is 2.65 bits per heavy atom. The topological polar surface area (TPSA) is 57.6 Å². The van der Waals surface area contributed by atoms with Crippen molar-refractivity contribution in [2.24, 2.45) is 5.92 Å². The Morgan fingerprint density at radius 1 is 1.35 bits per heavy atom. The van der Waals surface area contributed by atoms with Crippen molar-refractivity contribution in [2.75, 3.05) is 13.1 Å². The van der Waals surface area contributed by atoms with Crippen LogP contribution in [0.25, 0.3) is 0 Å². The second kappa shape index (κ2) is 5.84. The van der Waals surface area contributed by atoms with E-state index in [0.29, 0.717) is 17.9 Å². The molecule has 0 aliphatic carbocycles. The van der Waals surface area contributed by atoms with Crippen molar-refractivity contribution in [3.05, 3.63) is 29.8 Å². The largest absolute Gasteiger partial charge is 0.391 e. The molecule has 1 aliphatic heterocycles. The average molecular weight is 297 g/mol. The molecule has 1 aromatic carbocycles. The molecule has 4 nitrogen and oxygen atoms in total. The predicted molar refractivity (Wildman–Crippen MR) is 79.1 cm³/mol. The summed E-state index contributed by atoms with van der Waals surface area (Å²) in [5.74, 6) is 0.445. The van der Waals surface area contributed by atoms with Gasteiger partial charge in [-0.25, -0.2) is 8.42 Å². The maximum Gasteiger partial charge on any atom is 0.243 e. The lowest BCUT2D eigenvalue weighted by Gasteiger charge is -2.33. The van der Waals surface area contributed by atoms with Gasteiger partial charge in [0, 0.05) is 13.1 Å². The molecule has 0 spiro atoms. The molecule has 1 heterocycles. The van der Waals surface area contributed by atoms with E-state index >= 15 is 0 Å². The fourth-order valence-electron chi connectivity index (χ4n) is 2.42. The molecule has 0 aromatic heterocycles. The van der Waals surface area contributed by atoms with Gasteiger partial charge in [-0.1, -0.05) is 32.9 Å². The van der Waals surface area contributed by atoms with Gasteiger partial charge in [-0.2, -0.15) is 4.31 Å². The van der Waals surface area contributed by atoms with Gasteiger partial charge in [0.05, 0.1) is 11.0 Å². The summed E-state index contributed by atoms with van der Waals surface area (Å²) in [6.07, 6.45) is 0.122. The molecule has 20 heavy (non-hydrogen) atoms. The van der Waals surface area contributed by atoms with E-state index in [-0.39, 0.29) is 18.4 Å². The Balaban J connectivity index is 2.28. The SMILES string of the molecule is CC(C)c1cccc(S(=O)(=O)N2CCC(C)C(O)C2)c1. The monoisotopic (exact) mass is 297 g/mol. The zero-order valence-corrected chi connectivity index (χ0v) is 13.1. The van der Waals surface area contributed by atoms with Gasteiger partial charge in [0.25, 0.3) is 0 Å². The fourth-order valence-corrected chi connectivity index (χ4v) is 3.95. The highest BCUT2D eigenvalue weighted by molar-refractivity contribution is 7.89. The van der Waals surface area contributed by atoms with Crippen LogP contribution in [0.5, 0.6) is 0 Å². The number of benzene rings is 1. The molecule has 0 bridgehead atoms. The molecule has 2 rings (SSSR count). The van der Waals surface area contributed by atoms with Gasteiger partial charge >= 0.3 is 0 Å². The summed E-state index contributed by atoms with van der Waals surface area (Å²) in [5, 5.41) is 9.90. The van der Waals surface area contributed by atoms with Crippen LogP contribution in [0.2, 0.25) is 0 Å². The number of hydrogen-bond acceptors (Lipinski definition) is 3. The first-order chi connectivity index (χ1) is 9.32. The van der Waals surface area contributed by atoms with E-state index < -0.39 is 16.1 Å². The summed E-state index contributed by atoms with van der Waals surface area (Å²) in [7, 11) is -3.50. The highest BCUT2D eigenvalue weighted by atomic mass is 32.2. The first-order valence-electron chi connectivity index (χ1n) is 7.10. The summed E-state index contributed by atoms with van der Waals surface area (Å²) in [5.41, 5.74) is 1.01. The van der Waals surface area contributed by atoms with Crippen LogP contribution in [0.4, 0.5) is 0 Å². The molecule has 1 fully saturated rings. The Bertz CT molecular complexity index is 568. The summed E-state index contributed by atoms with van der Waals surface area (Å²) in [6.45, 7) is 6.70. The Labute approximate surface area is 121 Å². The normalized spacial score (nSPS) is 25.1. The van der Waals surface area contributed by atoms with Crippen molar-refractivity contribution < 1.29 is 13.5 Å². The Kier molecular flexibility index (Phi) is 4.52. The first-order valence-corrected chi connectivity index (χ1v) is 8.54. The average Bonchev–Trinajstić information content (AvgIpc) is 2.42. The fraction of sp³-hybridized carbons (Fsp3) is 0.600. The zero-order valence-electron chi connectivity index (χ0n) is 12.3. The second-order valence-corrected chi connectivity index (χ2v) is 7.86. The number of aliphatic hydroxyl groups excluding tert-OH is 1. The molecule has 1 N–H and O–H groups in total. The van der Waals surface area contributed by atoms with Crippen molar-refractivity contribution in [2.45, 2.75) is 44.1 Å². The maximum absolute atomic E-state index is 12.6. The molecule has 1 saturated heterocycles.